The van der Waals surface area contributed by atoms with Gasteiger partial charge in [0.25, 0.3) is 0 Å². The molecule has 2 nitrogen and oxygen atoms in total. The first-order valence-corrected chi connectivity index (χ1v) is 6.38. The van der Waals surface area contributed by atoms with Gasteiger partial charge in [0, 0.05) is 13.3 Å². The van der Waals surface area contributed by atoms with E-state index in [1.807, 2.05) is 39.0 Å². The van der Waals surface area contributed by atoms with Gasteiger partial charge in [0.15, 0.2) is 0 Å². The van der Waals surface area contributed by atoms with Gasteiger partial charge >= 0.3 is 0 Å². The molecule has 0 aromatic heterocycles. The van der Waals surface area contributed by atoms with Crippen molar-refractivity contribution >= 4 is 0 Å². The van der Waals surface area contributed by atoms with E-state index in [0.717, 1.165) is 12.2 Å². The summed E-state index contributed by atoms with van der Waals surface area (Å²) >= 11 is 0. The molecule has 0 aliphatic heterocycles. The number of ether oxygens (including phenoxy) is 2. The van der Waals surface area contributed by atoms with E-state index in [0.29, 0.717) is 0 Å². The zero-order valence-electron chi connectivity index (χ0n) is 12.3. The maximum absolute atomic E-state index is 5.92. The third kappa shape index (κ3) is 5.87. The summed E-state index contributed by atoms with van der Waals surface area (Å²) < 4.78 is 11.7. The van der Waals surface area contributed by atoms with Crippen molar-refractivity contribution < 1.29 is 9.47 Å². The molecule has 0 spiro atoms. The highest BCUT2D eigenvalue weighted by Crippen LogP contribution is 2.24. The van der Waals surface area contributed by atoms with Crippen molar-refractivity contribution in [2.24, 2.45) is 0 Å². The van der Waals surface area contributed by atoms with E-state index in [1.165, 1.54) is 5.56 Å². The summed E-state index contributed by atoms with van der Waals surface area (Å²) in [7, 11) is 0. The van der Waals surface area contributed by atoms with Crippen LogP contribution in [0.15, 0.2) is 37.4 Å². The summed E-state index contributed by atoms with van der Waals surface area (Å²) in [6.07, 6.45) is 0.980. The van der Waals surface area contributed by atoms with Gasteiger partial charge in [-0.25, -0.2) is 0 Å². The topological polar surface area (TPSA) is 18.5 Å². The number of aryl methyl sites for hydroxylation is 1. The summed E-state index contributed by atoms with van der Waals surface area (Å²) in [6.45, 7) is 16.1. The van der Waals surface area contributed by atoms with Crippen molar-refractivity contribution in [2.75, 3.05) is 0 Å². The van der Waals surface area contributed by atoms with E-state index in [4.69, 9.17) is 9.47 Å². The number of rotatable bonds is 5. The third-order valence-electron chi connectivity index (χ3n) is 2.45. The van der Waals surface area contributed by atoms with Crippen LogP contribution >= 0.6 is 0 Å². The second-order valence-corrected chi connectivity index (χ2v) is 4.57. The normalized spacial score (nSPS) is 13.4. The van der Waals surface area contributed by atoms with Crippen LogP contribution in [-0.2, 0) is 4.74 Å². The lowest BCUT2D eigenvalue weighted by Crippen LogP contribution is -2.37. The van der Waals surface area contributed by atoms with Gasteiger partial charge in [0.2, 0.25) is 5.79 Å². The molecule has 102 valence electrons. The Balaban J connectivity index is 0.00000137. The first-order chi connectivity index (χ1) is 8.45. The van der Waals surface area contributed by atoms with E-state index in [2.05, 4.69) is 33.1 Å². The summed E-state index contributed by atoms with van der Waals surface area (Å²) in [6, 6.07) is 8.04. The minimum absolute atomic E-state index is 0.162. The Labute approximate surface area is 112 Å². The SMILES string of the molecule is C=C.CCC(C)(Oc1cccc(C)c1)OC(C)C. The van der Waals surface area contributed by atoms with Gasteiger partial charge in [0.05, 0.1) is 6.10 Å². The Morgan fingerprint density at radius 3 is 2.33 bits per heavy atom. The molecule has 0 aliphatic carbocycles. The maximum Gasteiger partial charge on any atom is 0.207 e. The molecule has 0 fully saturated rings. The van der Waals surface area contributed by atoms with Gasteiger partial charge in [0.1, 0.15) is 5.75 Å². The average molecular weight is 250 g/mol. The van der Waals surface area contributed by atoms with Gasteiger partial charge in [-0.15, -0.1) is 13.2 Å². The van der Waals surface area contributed by atoms with Gasteiger partial charge in [-0.1, -0.05) is 19.1 Å². The van der Waals surface area contributed by atoms with Crippen molar-refractivity contribution in [1.82, 2.24) is 0 Å². The van der Waals surface area contributed by atoms with Crippen molar-refractivity contribution in [3.05, 3.63) is 43.0 Å². The van der Waals surface area contributed by atoms with E-state index < -0.39 is 5.79 Å². The van der Waals surface area contributed by atoms with Crippen LogP contribution in [0.25, 0.3) is 0 Å². The molecule has 1 atom stereocenters. The Kier molecular flexibility index (Phi) is 7.37. The Morgan fingerprint density at radius 2 is 1.89 bits per heavy atom. The highest BCUT2D eigenvalue weighted by atomic mass is 16.7. The molecular formula is C16H26O2. The van der Waals surface area contributed by atoms with Gasteiger partial charge in [-0.2, -0.15) is 0 Å². The van der Waals surface area contributed by atoms with E-state index in [1.54, 1.807) is 0 Å². The Morgan fingerprint density at radius 1 is 1.28 bits per heavy atom. The van der Waals surface area contributed by atoms with Crippen LogP contribution in [0.4, 0.5) is 0 Å². The number of benzene rings is 1. The smallest absolute Gasteiger partial charge is 0.207 e. The summed E-state index contributed by atoms with van der Waals surface area (Å²) in [4.78, 5) is 0. The molecule has 1 aromatic rings. The van der Waals surface area contributed by atoms with Crippen molar-refractivity contribution in [2.45, 2.75) is 52.9 Å². The predicted octanol–water partition coefficient (Wildman–Crippen LogP) is 4.73. The molecular weight excluding hydrogens is 224 g/mol. The maximum atomic E-state index is 5.92. The number of hydrogen-bond acceptors (Lipinski definition) is 2. The number of hydrogen-bond donors (Lipinski definition) is 0. The first kappa shape index (κ1) is 16.7. The van der Waals surface area contributed by atoms with E-state index in [9.17, 15) is 0 Å². The molecule has 0 N–H and O–H groups in total. The summed E-state index contributed by atoms with van der Waals surface area (Å²) in [5, 5.41) is 0. The highest BCUT2D eigenvalue weighted by Gasteiger charge is 2.26. The molecule has 0 heterocycles. The van der Waals surface area contributed by atoms with Crippen LogP contribution in [0.3, 0.4) is 0 Å². The lowest BCUT2D eigenvalue weighted by molar-refractivity contribution is -0.193. The predicted molar refractivity (Wildman–Crippen MR) is 78.0 cm³/mol. The zero-order valence-corrected chi connectivity index (χ0v) is 12.3. The Bertz CT molecular complexity index is 347. The molecule has 1 rings (SSSR count). The molecule has 0 saturated heterocycles. The van der Waals surface area contributed by atoms with Crippen LogP contribution in [0, 0.1) is 6.92 Å². The van der Waals surface area contributed by atoms with Crippen LogP contribution in [-0.4, -0.2) is 11.9 Å². The average Bonchev–Trinajstić information content (AvgIpc) is 2.30. The minimum Gasteiger partial charge on any atom is -0.463 e. The molecule has 0 aliphatic rings. The van der Waals surface area contributed by atoms with Gasteiger partial charge < -0.3 is 9.47 Å². The van der Waals surface area contributed by atoms with E-state index >= 15 is 0 Å². The van der Waals surface area contributed by atoms with Gasteiger partial charge in [-0.3, -0.25) is 0 Å². The molecule has 18 heavy (non-hydrogen) atoms. The molecule has 1 aromatic carbocycles. The molecule has 0 bridgehead atoms. The van der Waals surface area contributed by atoms with Gasteiger partial charge in [-0.05, 0) is 38.5 Å². The van der Waals surface area contributed by atoms with Crippen LogP contribution in [0.5, 0.6) is 5.75 Å². The largest absolute Gasteiger partial charge is 0.463 e. The summed E-state index contributed by atoms with van der Waals surface area (Å²) in [5.41, 5.74) is 1.19. The standard InChI is InChI=1S/C14H22O2.C2H4/c1-6-14(5,15-11(2)3)16-13-9-7-8-12(4)10-13;1-2/h7-11H,6H2,1-5H3;1-2H2. The summed E-state index contributed by atoms with van der Waals surface area (Å²) in [5.74, 6) is 0.326. The highest BCUT2D eigenvalue weighted by molar-refractivity contribution is 5.27. The fourth-order valence-electron chi connectivity index (χ4n) is 1.61. The molecule has 0 saturated carbocycles. The second-order valence-electron chi connectivity index (χ2n) is 4.57. The van der Waals surface area contributed by atoms with Crippen molar-refractivity contribution in [3.63, 3.8) is 0 Å². The molecule has 0 radical (unpaired) electrons. The lowest BCUT2D eigenvalue weighted by atomic mass is 10.2. The van der Waals surface area contributed by atoms with Crippen LogP contribution in [0.2, 0.25) is 0 Å². The fourth-order valence-corrected chi connectivity index (χ4v) is 1.61. The molecule has 1 unspecified atom stereocenters. The van der Waals surface area contributed by atoms with Crippen LogP contribution < -0.4 is 4.74 Å². The lowest BCUT2D eigenvalue weighted by Gasteiger charge is -2.31. The first-order valence-electron chi connectivity index (χ1n) is 6.38. The fraction of sp³-hybridized carbons (Fsp3) is 0.500. The monoisotopic (exact) mass is 250 g/mol. The molecule has 2 heteroatoms. The van der Waals surface area contributed by atoms with Crippen molar-refractivity contribution in [3.8, 4) is 5.75 Å². The Hall–Kier alpha value is -1.28. The van der Waals surface area contributed by atoms with E-state index in [-0.39, 0.29) is 6.10 Å². The minimum atomic E-state index is -0.540. The zero-order chi connectivity index (χ0) is 14.2. The molecule has 0 amide bonds. The third-order valence-corrected chi connectivity index (χ3v) is 2.45. The van der Waals surface area contributed by atoms with Crippen molar-refractivity contribution in [1.29, 1.82) is 0 Å². The van der Waals surface area contributed by atoms with Crippen LogP contribution in [0.1, 0.15) is 39.7 Å². The quantitative estimate of drug-likeness (QED) is 0.555. The second kappa shape index (κ2) is 7.93.